The van der Waals surface area contributed by atoms with Gasteiger partial charge in [0.25, 0.3) is 0 Å². The number of hydrogen-bond donors (Lipinski definition) is 0. The van der Waals surface area contributed by atoms with E-state index in [4.69, 9.17) is 60.6 Å². The van der Waals surface area contributed by atoms with Crippen LogP contribution in [0, 0.1) is 5.41 Å². The molecule has 0 amide bonds. The van der Waals surface area contributed by atoms with E-state index in [2.05, 4.69) is 0 Å². The molecule has 2 atom stereocenters. The predicted molar refractivity (Wildman–Crippen MR) is 169 cm³/mol. The van der Waals surface area contributed by atoms with Gasteiger partial charge in [-0.15, -0.1) is 0 Å². The molecular formula is C31H58O15Si. The molecular weight excluding hydrogens is 640 g/mol. The topological polar surface area (TPSA) is 154 Å². The maximum absolute atomic E-state index is 13.7. The molecule has 2 saturated heterocycles. The average Bonchev–Trinajstić information content (AvgIpc) is 3.04. The summed E-state index contributed by atoms with van der Waals surface area (Å²) < 4.78 is 74.2. The van der Waals surface area contributed by atoms with Crippen LogP contribution in [0.2, 0.25) is 6.04 Å². The number of esters is 2. The van der Waals surface area contributed by atoms with Gasteiger partial charge in [-0.05, 0) is 40.5 Å². The fraction of sp³-hybridized carbons (Fsp3) is 0.935. The minimum atomic E-state index is -3.03. The van der Waals surface area contributed by atoms with E-state index in [1.807, 2.05) is 20.8 Å². The second-order valence-electron chi connectivity index (χ2n) is 10.9. The van der Waals surface area contributed by atoms with Crippen LogP contribution in [0.5, 0.6) is 0 Å². The first-order chi connectivity index (χ1) is 22.9. The molecule has 0 aromatic rings. The molecule has 0 aromatic carbocycles. The molecule has 16 heteroatoms. The fourth-order valence-corrected chi connectivity index (χ4v) is 7.36. The quantitative estimate of drug-likeness (QED) is 0.131. The highest BCUT2D eigenvalue weighted by molar-refractivity contribution is 6.60. The highest BCUT2D eigenvalue weighted by Gasteiger charge is 2.47. The molecule has 2 heterocycles. The monoisotopic (exact) mass is 698 g/mol. The summed E-state index contributed by atoms with van der Waals surface area (Å²) in [5.74, 6) is -1.48. The van der Waals surface area contributed by atoms with Crippen molar-refractivity contribution < 1.29 is 70.2 Å². The molecule has 47 heavy (non-hydrogen) atoms. The lowest BCUT2D eigenvalue weighted by atomic mass is 9.85. The van der Waals surface area contributed by atoms with Gasteiger partial charge in [-0.3, -0.25) is 9.59 Å². The van der Waals surface area contributed by atoms with Gasteiger partial charge in [0.1, 0.15) is 25.4 Å². The minimum Gasteiger partial charge on any atom is -0.462 e. The summed E-state index contributed by atoms with van der Waals surface area (Å²) >= 11 is 0. The minimum absolute atomic E-state index is 0.104. The van der Waals surface area contributed by atoms with Crippen LogP contribution >= 0.6 is 0 Å². The van der Waals surface area contributed by atoms with Crippen LogP contribution in [-0.2, 0) is 70.2 Å². The number of ether oxygens (including phenoxy) is 10. The Hall–Kier alpha value is -1.28. The number of hydrogen-bond acceptors (Lipinski definition) is 15. The molecule has 0 bridgehead atoms. The summed E-state index contributed by atoms with van der Waals surface area (Å²) in [5.41, 5.74) is -1.66. The van der Waals surface area contributed by atoms with Gasteiger partial charge in [0.05, 0.1) is 92.5 Å². The number of carbonyl (C=O) groups is 2. The molecule has 2 unspecified atom stereocenters. The zero-order chi connectivity index (χ0) is 34.1. The molecule has 0 N–H and O–H groups in total. The Morgan fingerprint density at radius 2 is 0.957 bits per heavy atom. The molecule has 0 radical (unpaired) electrons. The van der Waals surface area contributed by atoms with Gasteiger partial charge < -0.3 is 60.6 Å². The molecule has 0 spiro atoms. The van der Waals surface area contributed by atoms with Crippen LogP contribution in [-0.4, -0.2) is 158 Å². The molecule has 0 saturated carbocycles. The van der Waals surface area contributed by atoms with Crippen molar-refractivity contribution in [3.63, 3.8) is 0 Å². The Labute approximate surface area is 280 Å². The normalized spacial score (nSPS) is 23.1. The van der Waals surface area contributed by atoms with Gasteiger partial charge >= 0.3 is 20.7 Å². The molecule has 0 aliphatic carbocycles. The van der Waals surface area contributed by atoms with E-state index in [1.165, 1.54) is 6.92 Å². The summed E-state index contributed by atoms with van der Waals surface area (Å²) in [6.45, 7) is 13.1. The lowest BCUT2D eigenvalue weighted by molar-refractivity contribution is -0.178. The van der Waals surface area contributed by atoms with Crippen LogP contribution in [0.15, 0.2) is 0 Å². The van der Waals surface area contributed by atoms with E-state index in [0.717, 1.165) is 0 Å². The van der Waals surface area contributed by atoms with Crippen molar-refractivity contribution in [3.8, 4) is 0 Å². The Kier molecular flexibility index (Phi) is 22.9. The smallest absolute Gasteiger partial charge is 0.462 e. The Bertz CT molecular complexity index is 733. The second-order valence-corrected chi connectivity index (χ2v) is 13.7. The summed E-state index contributed by atoms with van der Waals surface area (Å²) in [4.78, 5) is 27.5. The zero-order valence-corrected chi connectivity index (χ0v) is 29.8. The molecule has 2 aliphatic heterocycles. The zero-order valence-electron chi connectivity index (χ0n) is 28.8. The Balaban J connectivity index is 2.12. The Morgan fingerprint density at radius 3 is 1.34 bits per heavy atom. The lowest BCUT2D eigenvalue weighted by Crippen LogP contribution is -2.47. The van der Waals surface area contributed by atoms with Crippen LogP contribution < -0.4 is 0 Å². The van der Waals surface area contributed by atoms with E-state index >= 15 is 0 Å². The first-order valence-corrected chi connectivity index (χ1v) is 18.8. The fourth-order valence-electron chi connectivity index (χ4n) is 4.75. The summed E-state index contributed by atoms with van der Waals surface area (Å²) in [6.07, 6.45) is -0.644. The molecule has 15 nitrogen and oxygen atoms in total. The molecule has 2 rings (SSSR count). The first kappa shape index (κ1) is 41.9. The maximum atomic E-state index is 13.7. The SMILES string of the molecule is CCO[Si](CCCC(C)(C(=O)OCC1COCCOCCOCCO1)C(=O)OCC1COCCOCCOCCO1)(OCC)OCC. The van der Waals surface area contributed by atoms with Gasteiger partial charge in [-0.1, -0.05) is 0 Å². The predicted octanol–water partition coefficient (Wildman–Crippen LogP) is 1.80. The highest BCUT2D eigenvalue weighted by atomic mass is 28.4. The maximum Gasteiger partial charge on any atom is 0.500 e. The summed E-state index contributed by atoms with van der Waals surface area (Å²) in [6, 6.07) is 0.405. The van der Waals surface area contributed by atoms with Crippen LogP contribution in [0.1, 0.15) is 40.5 Å². The van der Waals surface area contributed by atoms with Gasteiger partial charge in [0.15, 0.2) is 5.41 Å². The standard InChI is InChI=1S/C31H58O15Si/c1-5-44-47(45-6-2,46-7-3)22-8-9-31(4,29(32)42-25-27-23-38-16-14-34-10-12-36-18-20-40-27)30(33)43-26-28-24-39-17-15-35-11-13-37-19-21-41-28/h27-28H,5-26H2,1-4H3. The van der Waals surface area contributed by atoms with Crippen molar-refractivity contribution >= 4 is 20.7 Å². The summed E-state index contributed by atoms with van der Waals surface area (Å²) in [5, 5.41) is 0. The van der Waals surface area contributed by atoms with Crippen molar-refractivity contribution in [1.29, 1.82) is 0 Å². The number of rotatable bonds is 16. The third kappa shape index (κ3) is 17.3. The van der Waals surface area contributed by atoms with Gasteiger partial charge in [0.2, 0.25) is 0 Å². The van der Waals surface area contributed by atoms with Gasteiger partial charge in [-0.25, -0.2) is 0 Å². The third-order valence-electron chi connectivity index (χ3n) is 7.21. The van der Waals surface area contributed by atoms with Crippen molar-refractivity contribution in [3.05, 3.63) is 0 Å². The Morgan fingerprint density at radius 1 is 0.596 bits per heavy atom. The van der Waals surface area contributed by atoms with Crippen molar-refractivity contribution in [2.75, 3.05) is 126 Å². The van der Waals surface area contributed by atoms with E-state index in [-0.39, 0.29) is 46.1 Å². The van der Waals surface area contributed by atoms with Crippen molar-refractivity contribution in [1.82, 2.24) is 0 Å². The average molecular weight is 699 g/mol. The van der Waals surface area contributed by atoms with Gasteiger partial charge in [0, 0.05) is 25.9 Å². The third-order valence-corrected chi connectivity index (χ3v) is 10.4. The highest BCUT2D eigenvalue weighted by Crippen LogP contribution is 2.31. The van der Waals surface area contributed by atoms with E-state index in [1.54, 1.807) is 0 Å². The van der Waals surface area contributed by atoms with E-state index in [9.17, 15) is 9.59 Å². The van der Waals surface area contributed by atoms with E-state index < -0.39 is 38.4 Å². The van der Waals surface area contributed by atoms with E-state index in [0.29, 0.717) is 98.4 Å². The first-order valence-electron chi connectivity index (χ1n) is 16.8. The van der Waals surface area contributed by atoms with Crippen LogP contribution in [0.3, 0.4) is 0 Å². The molecule has 0 aromatic heterocycles. The number of carbonyl (C=O) groups excluding carboxylic acids is 2. The summed E-state index contributed by atoms with van der Waals surface area (Å²) in [7, 11) is -3.03. The van der Waals surface area contributed by atoms with Crippen molar-refractivity contribution in [2.24, 2.45) is 5.41 Å². The van der Waals surface area contributed by atoms with Crippen LogP contribution in [0.4, 0.5) is 0 Å². The van der Waals surface area contributed by atoms with Gasteiger partial charge in [-0.2, -0.15) is 0 Å². The van der Waals surface area contributed by atoms with Crippen molar-refractivity contribution in [2.45, 2.75) is 58.8 Å². The lowest BCUT2D eigenvalue weighted by Gasteiger charge is -2.31. The second kappa shape index (κ2) is 25.7. The van der Waals surface area contributed by atoms with Crippen LogP contribution in [0.25, 0.3) is 0 Å². The molecule has 2 aliphatic rings. The molecule has 2 fully saturated rings. The largest absolute Gasteiger partial charge is 0.500 e. The molecule has 276 valence electrons.